The van der Waals surface area contributed by atoms with Gasteiger partial charge in [-0.1, -0.05) is 38.1 Å². The lowest BCUT2D eigenvalue weighted by atomic mass is 10.00. The first kappa shape index (κ1) is 13.9. The molecule has 0 aliphatic heterocycles. The number of nitrogens with zero attached hydrogens (tertiary/aromatic N) is 1. The van der Waals surface area contributed by atoms with Gasteiger partial charge in [0.1, 0.15) is 0 Å². The van der Waals surface area contributed by atoms with E-state index in [9.17, 15) is 4.79 Å². The summed E-state index contributed by atoms with van der Waals surface area (Å²) in [5, 5.41) is 0. The highest BCUT2D eigenvalue weighted by molar-refractivity contribution is 5.96. The number of rotatable bonds is 6. The number of carbonyl (C=O) groups is 1. The SMILES string of the molecule is CC(C)Cc1ccc(C(=O)CCN(C)C)cc1. The first-order chi connectivity index (χ1) is 7.99. The molecule has 94 valence electrons. The van der Waals surface area contributed by atoms with Crippen molar-refractivity contribution < 1.29 is 4.79 Å². The van der Waals surface area contributed by atoms with Crippen LogP contribution in [0.25, 0.3) is 0 Å². The van der Waals surface area contributed by atoms with Gasteiger partial charge < -0.3 is 4.90 Å². The van der Waals surface area contributed by atoms with Crippen molar-refractivity contribution in [2.24, 2.45) is 5.92 Å². The van der Waals surface area contributed by atoms with Crippen LogP contribution in [-0.2, 0) is 6.42 Å². The predicted molar refractivity (Wildman–Crippen MR) is 72.5 cm³/mol. The van der Waals surface area contributed by atoms with Crippen LogP contribution in [0.3, 0.4) is 0 Å². The molecule has 0 radical (unpaired) electrons. The van der Waals surface area contributed by atoms with Crippen molar-refractivity contribution in [3.63, 3.8) is 0 Å². The average molecular weight is 233 g/mol. The molecule has 1 aromatic rings. The topological polar surface area (TPSA) is 20.3 Å². The third-order valence-corrected chi connectivity index (χ3v) is 2.71. The molecule has 17 heavy (non-hydrogen) atoms. The lowest BCUT2D eigenvalue weighted by molar-refractivity contribution is 0.0972. The number of carbonyl (C=O) groups excluding carboxylic acids is 1. The Hall–Kier alpha value is -1.15. The molecule has 2 nitrogen and oxygen atoms in total. The van der Waals surface area contributed by atoms with E-state index in [0.717, 1.165) is 18.5 Å². The van der Waals surface area contributed by atoms with E-state index in [1.807, 2.05) is 31.1 Å². The third-order valence-electron chi connectivity index (χ3n) is 2.71. The van der Waals surface area contributed by atoms with Crippen LogP contribution >= 0.6 is 0 Å². The molecule has 0 aromatic heterocycles. The molecule has 0 saturated heterocycles. The maximum Gasteiger partial charge on any atom is 0.164 e. The second-order valence-electron chi connectivity index (χ2n) is 5.27. The molecule has 1 aromatic carbocycles. The standard InChI is InChI=1S/C15H23NO/c1-12(2)11-13-5-7-14(8-6-13)15(17)9-10-16(3)4/h5-8,12H,9-11H2,1-4H3. The second-order valence-corrected chi connectivity index (χ2v) is 5.27. The van der Waals surface area contributed by atoms with E-state index in [0.29, 0.717) is 12.3 Å². The van der Waals surface area contributed by atoms with E-state index in [4.69, 9.17) is 0 Å². The highest BCUT2D eigenvalue weighted by atomic mass is 16.1. The maximum absolute atomic E-state index is 11.9. The van der Waals surface area contributed by atoms with Crippen molar-refractivity contribution in [1.29, 1.82) is 0 Å². The van der Waals surface area contributed by atoms with Gasteiger partial charge in [-0.15, -0.1) is 0 Å². The van der Waals surface area contributed by atoms with Crippen molar-refractivity contribution in [2.45, 2.75) is 26.7 Å². The Morgan fingerprint density at radius 1 is 1.18 bits per heavy atom. The van der Waals surface area contributed by atoms with E-state index >= 15 is 0 Å². The molecule has 0 bridgehead atoms. The largest absolute Gasteiger partial charge is 0.309 e. The fourth-order valence-electron chi connectivity index (χ4n) is 1.77. The van der Waals surface area contributed by atoms with Crippen molar-refractivity contribution in [3.8, 4) is 0 Å². The predicted octanol–water partition coefficient (Wildman–Crippen LogP) is 3.02. The average Bonchev–Trinajstić information content (AvgIpc) is 2.26. The van der Waals surface area contributed by atoms with Crippen LogP contribution in [0.1, 0.15) is 36.2 Å². The van der Waals surface area contributed by atoms with Gasteiger partial charge in [0, 0.05) is 18.5 Å². The molecule has 1 rings (SSSR count). The lowest BCUT2D eigenvalue weighted by Crippen LogP contribution is -2.16. The number of hydrogen-bond donors (Lipinski definition) is 0. The minimum Gasteiger partial charge on any atom is -0.309 e. The summed E-state index contributed by atoms with van der Waals surface area (Å²) in [5.74, 6) is 0.889. The summed E-state index contributed by atoms with van der Waals surface area (Å²) in [6, 6.07) is 8.05. The molecular formula is C15H23NO. The second kappa shape index (κ2) is 6.55. The first-order valence-corrected chi connectivity index (χ1v) is 6.26. The summed E-state index contributed by atoms with van der Waals surface area (Å²) < 4.78 is 0. The van der Waals surface area contributed by atoms with Crippen LogP contribution in [0.15, 0.2) is 24.3 Å². The molecule has 0 aliphatic carbocycles. The molecule has 0 aliphatic rings. The van der Waals surface area contributed by atoms with Crippen LogP contribution in [0.4, 0.5) is 0 Å². The van der Waals surface area contributed by atoms with Crippen LogP contribution in [0.2, 0.25) is 0 Å². The molecule has 0 unspecified atom stereocenters. The quantitative estimate of drug-likeness (QED) is 0.704. The van der Waals surface area contributed by atoms with Crippen molar-refractivity contribution in [2.75, 3.05) is 20.6 Å². The van der Waals surface area contributed by atoms with E-state index < -0.39 is 0 Å². The smallest absolute Gasteiger partial charge is 0.164 e. The van der Waals surface area contributed by atoms with Crippen LogP contribution < -0.4 is 0 Å². The fraction of sp³-hybridized carbons (Fsp3) is 0.533. The molecule has 0 N–H and O–H groups in total. The Morgan fingerprint density at radius 3 is 2.24 bits per heavy atom. The van der Waals surface area contributed by atoms with Gasteiger partial charge in [-0.2, -0.15) is 0 Å². The van der Waals surface area contributed by atoms with Crippen LogP contribution in [0.5, 0.6) is 0 Å². The van der Waals surface area contributed by atoms with Gasteiger partial charge in [-0.3, -0.25) is 4.79 Å². The Kier molecular flexibility index (Phi) is 5.36. The zero-order chi connectivity index (χ0) is 12.8. The van der Waals surface area contributed by atoms with Gasteiger partial charge in [-0.25, -0.2) is 0 Å². The van der Waals surface area contributed by atoms with E-state index in [1.165, 1.54) is 5.56 Å². The molecule has 0 amide bonds. The highest BCUT2D eigenvalue weighted by Crippen LogP contribution is 2.11. The monoisotopic (exact) mass is 233 g/mol. The number of ketones is 1. The van der Waals surface area contributed by atoms with Crippen molar-refractivity contribution in [3.05, 3.63) is 35.4 Å². The highest BCUT2D eigenvalue weighted by Gasteiger charge is 2.06. The molecule has 0 fully saturated rings. The Bertz CT molecular complexity index is 352. The summed E-state index contributed by atoms with van der Waals surface area (Å²) in [5.41, 5.74) is 2.14. The van der Waals surface area contributed by atoms with Gasteiger partial charge >= 0.3 is 0 Å². The summed E-state index contributed by atoms with van der Waals surface area (Å²) in [6.45, 7) is 5.22. The van der Waals surface area contributed by atoms with Gasteiger partial charge in [0.25, 0.3) is 0 Å². The summed E-state index contributed by atoms with van der Waals surface area (Å²) >= 11 is 0. The van der Waals surface area contributed by atoms with Crippen molar-refractivity contribution >= 4 is 5.78 Å². The summed E-state index contributed by atoms with van der Waals surface area (Å²) in [7, 11) is 3.97. The molecule has 0 saturated carbocycles. The molecular weight excluding hydrogens is 210 g/mol. The zero-order valence-corrected chi connectivity index (χ0v) is 11.4. The van der Waals surface area contributed by atoms with Gasteiger partial charge in [0.15, 0.2) is 5.78 Å². The minimum atomic E-state index is 0.231. The van der Waals surface area contributed by atoms with Crippen LogP contribution in [0, 0.1) is 5.92 Å². The molecule has 0 atom stereocenters. The van der Waals surface area contributed by atoms with E-state index in [-0.39, 0.29) is 5.78 Å². The summed E-state index contributed by atoms with van der Waals surface area (Å²) in [6.07, 6.45) is 1.67. The van der Waals surface area contributed by atoms with E-state index in [1.54, 1.807) is 0 Å². The normalized spacial score (nSPS) is 11.2. The fourth-order valence-corrected chi connectivity index (χ4v) is 1.77. The lowest BCUT2D eigenvalue weighted by Gasteiger charge is -2.09. The van der Waals surface area contributed by atoms with Gasteiger partial charge in [0.2, 0.25) is 0 Å². The minimum absolute atomic E-state index is 0.231. The molecule has 0 spiro atoms. The van der Waals surface area contributed by atoms with E-state index in [2.05, 4.69) is 26.0 Å². The Morgan fingerprint density at radius 2 is 1.76 bits per heavy atom. The number of hydrogen-bond acceptors (Lipinski definition) is 2. The van der Waals surface area contributed by atoms with Crippen LogP contribution in [-0.4, -0.2) is 31.3 Å². The van der Waals surface area contributed by atoms with Gasteiger partial charge in [-0.05, 0) is 32.0 Å². The van der Waals surface area contributed by atoms with Crippen molar-refractivity contribution in [1.82, 2.24) is 4.90 Å². The molecule has 2 heteroatoms. The third kappa shape index (κ3) is 5.14. The number of Topliss-reactive ketones (excluding diaryl/α,β-unsaturated/α-hetero) is 1. The number of benzene rings is 1. The Labute approximate surface area is 105 Å². The summed E-state index contributed by atoms with van der Waals surface area (Å²) in [4.78, 5) is 13.9. The van der Waals surface area contributed by atoms with Gasteiger partial charge in [0.05, 0.1) is 0 Å². The Balaban J connectivity index is 2.57. The maximum atomic E-state index is 11.9. The first-order valence-electron chi connectivity index (χ1n) is 6.26. The zero-order valence-electron chi connectivity index (χ0n) is 11.4. The molecule has 0 heterocycles.